The fraction of sp³-hybridized carbons (Fsp3) is 0.263. The predicted octanol–water partition coefficient (Wildman–Crippen LogP) is 3.61. The molecule has 1 atom stereocenters. The largest absolute Gasteiger partial charge is 0.396 e. The summed E-state index contributed by atoms with van der Waals surface area (Å²) in [7, 11) is 0. The molecule has 126 valence electrons. The van der Waals surface area contributed by atoms with Crippen molar-refractivity contribution in [2.75, 3.05) is 17.7 Å². The molecule has 0 radical (unpaired) electrons. The number of hydrogen-bond acceptors (Lipinski definition) is 4. The third-order valence-corrected chi connectivity index (χ3v) is 4.52. The fourth-order valence-corrected chi connectivity index (χ4v) is 3.01. The van der Waals surface area contributed by atoms with E-state index in [4.69, 9.17) is 5.11 Å². The second kappa shape index (κ2) is 9.90. The van der Waals surface area contributed by atoms with Crippen LogP contribution < -0.4 is 5.32 Å². The van der Waals surface area contributed by atoms with Gasteiger partial charge in [-0.15, -0.1) is 6.58 Å². The van der Waals surface area contributed by atoms with E-state index in [0.29, 0.717) is 18.0 Å². The number of benzene rings is 1. The number of amides is 1. The van der Waals surface area contributed by atoms with Gasteiger partial charge in [-0.2, -0.15) is 11.8 Å². The molecule has 0 spiro atoms. The number of carbonyl (C=O) groups is 1. The first-order chi connectivity index (χ1) is 11.7. The zero-order valence-electron chi connectivity index (χ0n) is 13.5. The molecule has 0 aliphatic heterocycles. The van der Waals surface area contributed by atoms with E-state index in [-0.39, 0.29) is 18.4 Å². The van der Waals surface area contributed by atoms with E-state index < -0.39 is 0 Å². The van der Waals surface area contributed by atoms with Crippen LogP contribution in [0.4, 0.5) is 5.82 Å². The zero-order chi connectivity index (χ0) is 17.2. The van der Waals surface area contributed by atoms with Gasteiger partial charge in [0.2, 0.25) is 5.91 Å². The molecule has 1 aromatic carbocycles. The number of nitrogens with one attached hydrogen (secondary N) is 1. The average molecular weight is 342 g/mol. The SMILES string of the molecule is C=CC(CC(=O)Nc1cc(CSCCO)ccn1)c1ccccc1. The first-order valence-corrected chi connectivity index (χ1v) is 8.99. The van der Waals surface area contributed by atoms with Crippen LogP contribution in [0.1, 0.15) is 23.5 Å². The number of carbonyl (C=O) groups excluding carboxylic acids is 1. The van der Waals surface area contributed by atoms with Gasteiger partial charge in [-0.3, -0.25) is 4.79 Å². The first-order valence-electron chi connectivity index (χ1n) is 7.84. The number of thioether (sulfide) groups is 1. The van der Waals surface area contributed by atoms with Gasteiger partial charge in [-0.25, -0.2) is 4.98 Å². The number of allylic oxidation sites excluding steroid dienone is 1. The normalized spacial score (nSPS) is 11.7. The van der Waals surface area contributed by atoms with Crippen LogP contribution in [0.2, 0.25) is 0 Å². The number of pyridine rings is 1. The molecule has 4 nitrogen and oxygen atoms in total. The van der Waals surface area contributed by atoms with Crippen LogP contribution in [0.3, 0.4) is 0 Å². The Morgan fingerprint density at radius 2 is 2.12 bits per heavy atom. The smallest absolute Gasteiger partial charge is 0.226 e. The van der Waals surface area contributed by atoms with E-state index in [2.05, 4.69) is 16.9 Å². The lowest BCUT2D eigenvalue weighted by atomic mass is 9.95. The summed E-state index contributed by atoms with van der Waals surface area (Å²) in [5, 5.41) is 11.7. The average Bonchev–Trinajstić information content (AvgIpc) is 2.61. The van der Waals surface area contributed by atoms with E-state index in [1.807, 2.05) is 42.5 Å². The summed E-state index contributed by atoms with van der Waals surface area (Å²) >= 11 is 1.64. The van der Waals surface area contributed by atoms with Crippen LogP contribution in [0.5, 0.6) is 0 Å². The minimum absolute atomic E-state index is 0.0190. The third kappa shape index (κ3) is 5.83. The zero-order valence-corrected chi connectivity index (χ0v) is 14.3. The number of anilines is 1. The van der Waals surface area contributed by atoms with E-state index in [0.717, 1.165) is 16.9 Å². The van der Waals surface area contributed by atoms with Gasteiger partial charge in [-0.1, -0.05) is 36.4 Å². The van der Waals surface area contributed by atoms with Gasteiger partial charge in [-0.05, 0) is 23.3 Å². The van der Waals surface area contributed by atoms with Crippen molar-refractivity contribution in [2.45, 2.75) is 18.1 Å². The molecule has 1 amide bonds. The molecule has 1 aromatic heterocycles. The first kappa shape index (κ1) is 18.2. The molecule has 0 saturated carbocycles. The summed E-state index contributed by atoms with van der Waals surface area (Å²) in [6.07, 6.45) is 3.82. The van der Waals surface area contributed by atoms with Crippen molar-refractivity contribution in [3.05, 3.63) is 72.4 Å². The molecule has 0 aliphatic rings. The number of rotatable bonds is 9. The van der Waals surface area contributed by atoms with Gasteiger partial charge in [0.1, 0.15) is 5.82 Å². The van der Waals surface area contributed by atoms with Crippen LogP contribution in [-0.4, -0.2) is 28.4 Å². The summed E-state index contributed by atoms with van der Waals surface area (Å²) in [6, 6.07) is 13.6. The Labute approximate surface area is 147 Å². The predicted molar refractivity (Wildman–Crippen MR) is 100 cm³/mol. The maximum Gasteiger partial charge on any atom is 0.226 e. The Morgan fingerprint density at radius 1 is 1.33 bits per heavy atom. The topological polar surface area (TPSA) is 62.2 Å². The summed E-state index contributed by atoms with van der Waals surface area (Å²) in [6.45, 7) is 4.00. The van der Waals surface area contributed by atoms with Crippen LogP contribution >= 0.6 is 11.8 Å². The van der Waals surface area contributed by atoms with Gasteiger partial charge in [0.05, 0.1) is 6.61 Å². The Hall–Kier alpha value is -2.11. The highest BCUT2D eigenvalue weighted by Crippen LogP contribution is 2.21. The Kier molecular flexibility index (Phi) is 7.52. The van der Waals surface area contributed by atoms with Gasteiger partial charge >= 0.3 is 0 Å². The maximum absolute atomic E-state index is 12.3. The van der Waals surface area contributed by atoms with E-state index >= 15 is 0 Å². The fourth-order valence-electron chi connectivity index (χ4n) is 2.32. The quantitative estimate of drug-likeness (QED) is 0.540. The highest BCUT2D eigenvalue weighted by molar-refractivity contribution is 7.98. The molecule has 0 saturated heterocycles. The summed E-state index contributed by atoms with van der Waals surface area (Å²) in [5.74, 6) is 1.93. The Bertz CT molecular complexity index is 661. The molecule has 0 fully saturated rings. The highest BCUT2D eigenvalue weighted by atomic mass is 32.2. The van der Waals surface area contributed by atoms with Crippen LogP contribution in [-0.2, 0) is 10.5 Å². The lowest BCUT2D eigenvalue weighted by molar-refractivity contribution is -0.116. The Morgan fingerprint density at radius 3 is 2.83 bits per heavy atom. The molecular weight excluding hydrogens is 320 g/mol. The summed E-state index contributed by atoms with van der Waals surface area (Å²) in [5.41, 5.74) is 2.15. The van der Waals surface area contributed by atoms with Crippen LogP contribution in [0, 0.1) is 0 Å². The molecule has 1 unspecified atom stereocenters. The van der Waals surface area contributed by atoms with Crippen molar-refractivity contribution in [3.63, 3.8) is 0 Å². The molecule has 24 heavy (non-hydrogen) atoms. The number of nitrogens with zero attached hydrogens (tertiary/aromatic N) is 1. The molecule has 0 bridgehead atoms. The van der Waals surface area contributed by atoms with Crippen molar-refractivity contribution in [1.29, 1.82) is 0 Å². The number of aliphatic hydroxyl groups is 1. The minimum Gasteiger partial charge on any atom is -0.396 e. The molecule has 1 heterocycles. The molecule has 2 rings (SSSR count). The van der Waals surface area contributed by atoms with Crippen LogP contribution in [0.25, 0.3) is 0 Å². The summed E-state index contributed by atoms with van der Waals surface area (Å²) in [4.78, 5) is 16.5. The van der Waals surface area contributed by atoms with Crippen molar-refractivity contribution < 1.29 is 9.90 Å². The van der Waals surface area contributed by atoms with E-state index in [1.165, 1.54) is 0 Å². The third-order valence-electron chi connectivity index (χ3n) is 3.51. The summed E-state index contributed by atoms with van der Waals surface area (Å²) < 4.78 is 0. The number of hydrogen-bond donors (Lipinski definition) is 2. The second-order valence-corrected chi connectivity index (χ2v) is 6.44. The molecule has 0 aliphatic carbocycles. The monoisotopic (exact) mass is 342 g/mol. The molecule has 5 heteroatoms. The molecular formula is C19H22N2O2S. The van der Waals surface area contributed by atoms with Crippen molar-refractivity contribution in [1.82, 2.24) is 4.98 Å². The maximum atomic E-state index is 12.3. The lowest BCUT2D eigenvalue weighted by Crippen LogP contribution is -2.15. The molecule has 2 aromatic rings. The second-order valence-electron chi connectivity index (χ2n) is 5.33. The van der Waals surface area contributed by atoms with E-state index in [9.17, 15) is 4.79 Å². The minimum atomic E-state index is -0.0867. The number of aromatic nitrogens is 1. The lowest BCUT2D eigenvalue weighted by Gasteiger charge is -2.13. The van der Waals surface area contributed by atoms with Crippen molar-refractivity contribution >= 4 is 23.5 Å². The van der Waals surface area contributed by atoms with Gasteiger partial charge < -0.3 is 10.4 Å². The van der Waals surface area contributed by atoms with Gasteiger partial charge in [0.15, 0.2) is 0 Å². The van der Waals surface area contributed by atoms with Gasteiger partial charge in [0, 0.05) is 30.0 Å². The highest BCUT2D eigenvalue weighted by Gasteiger charge is 2.13. The van der Waals surface area contributed by atoms with Crippen molar-refractivity contribution in [3.8, 4) is 0 Å². The van der Waals surface area contributed by atoms with Crippen molar-refractivity contribution in [2.24, 2.45) is 0 Å². The standard InChI is InChI=1S/C19H22N2O2S/c1-2-16(17-6-4-3-5-7-17)13-19(23)21-18-12-15(8-9-20-18)14-24-11-10-22/h2-9,12,16,22H,1,10-11,13-14H2,(H,20,21,23). The molecule has 2 N–H and O–H groups in total. The van der Waals surface area contributed by atoms with Crippen LogP contribution in [0.15, 0.2) is 61.3 Å². The van der Waals surface area contributed by atoms with E-state index in [1.54, 1.807) is 24.0 Å². The Balaban J connectivity index is 1.94. The van der Waals surface area contributed by atoms with Gasteiger partial charge in [0.25, 0.3) is 0 Å². The number of aliphatic hydroxyl groups excluding tert-OH is 1.